The molecule has 2 aromatic carbocycles. The third-order valence-electron chi connectivity index (χ3n) is 3.88. The lowest BCUT2D eigenvalue weighted by Crippen LogP contribution is -2.02. The molecule has 0 saturated heterocycles. The zero-order chi connectivity index (χ0) is 19.5. The predicted octanol–water partition coefficient (Wildman–Crippen LogP) is 5.48. The van der Waals surface area contributed by atoms with Crippen molar-refractivity contribution in [2.75, 3.05) is 5.32 Å². The van der Waals surface area contributed by atoms with Crippen LogP contribution in [-0.2, 0) is 0 Å². The van der Waals surface area contributed by atoms with Gasteiger partial charge in [-0.1, -0.05) is 41.6 Å². The highest BCUT2D eigenvalue weighted by molar-refractivity contribution is 7.99. The van der Waals surface area contributed by atoms with Crippen molar-refractivity contribution >= 4 is 51.5 Å². The Balaban J connectivity index is 1.74. The van der Waals surface area contributed by atoms with Gasteiger partial charge in [0.1, 0.15) is 6.33 Å². The van der Waals surface area contributed by atoms with Gasteiger partial charge in [0, 0.05) is 27.2 Å². The number of halogens is 1. The summed E-state index contributed by atoms with van der Waals surface area (Å²) in [6.07, 6.45) is 2.99. The lowest BCUT2D eigenvalue weighted by molar-refractivity contribution is -0.387. The minimum atomic E-state index is -0.487. The molecule has 4 rings (SSSR count). The number of nitrogens with zero attached hydrogens (tertiary/aromatic N) is 4. The Morgan fingerprint density at radius 1 is 1.00 bits per heavy atom. The Labute approximate surface area is 169 Å². The summed E-state index contributed by atoms with van der Waals surface area (Å²) >= 11 is 7.07. The third kappa shape index (κ3) is 3.73. The van der Waals surface area contributed by atoms with Crippen molar-refractivity contribution in [2.45, 2.75) is 9.92 Å². The zero-order valence-electron chi connectivity index (χ0n) is 14.2. The average molecular weight is 410 g/mol. The molecule has 138 valence electrons. The molecule has 0 bridgehead atoms. The number of para-hydroxylation sites is 1. The van der Waals surface area contributed by atoms with E-state index in [0.717, 1.165) is 15.8 Å². The number of nitrogens with one attached hydrogen (secondary N) is 1. The summed E-state index contributed by atoms with van der Waals surface area (Å²) in [7, 11) is 0. The number of benzene rings is 2. The van der Waals surface area contributed by atoms with Crippen LogP contribution in [-0.4, -0.2) is 19.9 Å². The number of aromatic nitrogens is 3. The second-order valence-electron chi connectivity index (χ2n) is 5.70. The normalized spacial score (nSPS) is 10.8. The second-order valence-corrected chi connectivity index (χ2v) is 7.17. The van der Waals surface area contributed by atoms with Crippen molar-refractivity contribution in [3.8, 4) is 0 Å². The standard InChI is InChI=1S/C19H12ClN5O2S/c20-13-6-8-14(9-7-13)24-18-17(25(26)27)19(23-11-22-18)28-15-5-1-3-12-4-2-10-21-16(12)15/h1-11H,(H,22,23,24). The molecular formula is C19H12ClN5O2S. The van der Waals surface area contributed by atoms with Crippen LogP contribution in [0.25, 0.3) is 10.9 Å². The van der Waals surface area contributed by atoms with Crippen LogP contribution in [0.5, 0.6) is 0 Å². The van der Waals surface area contributed by atoms with Gasteiger partial charge in [0.2, 0.25) is 5.82 Å². The van der Waals surface area contributed by atoms with E-state index >= 15 is 0 Å². The number of fused-ring (bicyclic) bond motifs is 1. The van der Waals surface area contributed by atoms with E-state index in [0.29, 0.717) is 10.7 Å². The summed E-state index contributed by atoms with van der Waals surface area (Å²) in [5, 5.41) is 16.5. The molecule has 0 aliphatic carbocycles. The van der Waals surface area contributed by atoms with Gasteiger partial charge in [-0.05, 0) is 36.4 Å². The first-order valence-electron chi connectivity index (χ1n) is 8.15. The first-order chi connectivity index (χ1) is 13.6. The molecule has 1 N–H and O–H groups in total. The topological polar surface area (TPSA) is 93.8 Å². The third-order valence-corrected chi connectivity index (χ3v) is 5.17. The van der Waals surface area contributed by atoms with Gasteiger partial charge in [-0.3, -0.25) is 15.1 Å². The Morgan fingerprint density at radius 2 is 1.79 bits per heavy atom. The highest BCUT2D eigenvalue weighted by Gasteiger charge is 2.24. The fourth-order valence-electron chi connectivity index (χ4n) is 2.63. The highest BCUT2D eigenvalue weighted by Crippen LogP contribution is 2.39. The summed E-state index contributed by atoms with van der Waals surface area (Å²) in [4.78, 5) is 24.6. The number of rotatable bonds is 5. The van der Waals surface area contributed by atoms with Gasteiger partial charge in [-0.2, -0.15) is 0 Å². The quantitative estimate of drug-likeness (QED) is 0.265. The van der Waals surface area contributed by atoms with Crippen LogP contribution in [0.2, 0.25) is 5.02 Å². The van der Waals surface area contributed by atoms with E-state index in [9.17, 15) is 10.1 Å². The molecule has 9 heteroatoms. The lowest BCUT2D eigenvalue weighted by atomic mass is 10.2. The molecule has 28 heavy (non-hydrogen) atoms. The van der Waals surface area contributed by atoms with Crippen LogP contribution in [0.1, 0.15) is 0 Å². The van der Waals surface area contributed by atoms with E-state index in [1.807, 2.05) is 30.3 Å². The van der Waals surface area contributed by atoms with Crippen LogP contribution in [0.3, 0.4) is 0 Å². The molecule has 0 saturated carbocycles. The first kappa shape index (κ1) is 18.1. The summed E-state index contributed by atoms with van der Waals surface area (Å²) < 4.78 is 0. The smallest absolute Gasteiger partial charge is 0.334 e. The van der Waals surface area contributed by atoms with Crippen LogP contribution in [0, 0.1) is 10.1 Å². The van der Waals surface area contributed by atoms with Crippen LogP contribution >= 0.6 is 23.4 Å². The monoisotopic (exact) mass is 409 g/mol. The van der Waals surface area contributed by atoms with Crippen molar-refractivity contribution in [1.82, 2.24) is 15.0 Å². The summed E-state index contributed by atoms with van der Waals surface area (Å²) in [5.74, 6) is 0.109. The number of pyridine rings is 1. The summed E-state index contributed by atoms with van der Waals surface area (Å²) in [5.41, 5.74) is 1.19. The Morgan fingerprint density at radius 3 is 2.57 bits per heavy atom. The van der Waals surface area contributed by atoms with E-state index in [1.54, 1.807) is 30.5 Å². The number of hydrogen-bond donors (Lipinski definition) is 1. The van der Waals surface area contributed by atoms with Gasteiger partial charge in [0.05, 0.1) is 10.4 Å². The second kappa shape index (κ2) is 7.79. The Kier molecular flexibility index (Phi) is 5.05. The van der Waals surface area contributed by atoms with Crippen LogP contribution in [0.4, 0.5) is 17.2 Å². The molecule has 0 unspecified atom stereocenters. The summed E-state index contributed by atoms with van der Waals surface area (Å²) in [6, 6.07) is 16.3. The van der Waals surface area contributed by atoms with E-state index in [-0.39, 0.29) is 16.5 Å². The van der Waals surface area contributed by atoms with E-state index in [1.165, 1.54) is 18.1 Å². The molecule has 7 nitrogen and oxygen atoms in total. The molecule has 0 fully saturated rings. The van der Waals surface area contributed by atoms with Crippen molar-refractivity contribution in [2.24, 2.45) is 0 Å². The van der Waals surface area contributed by atoms with Gasteiger partial charge in [0.25, 0.3) is 0 Å². The number of anilines is 2. The van der Waals surface area contributed by atoms with Gasteiger partial charge in [0.15, 0.2) is 5.03 Å². The SMILES string of the molecule is O=[N+]([O-])c1c(Nc2ccc(Cl)cc2)ncnc1Sc1cccc2cccnc12. The largest absolute Gasteiger partial charge is 0.343 e. The molecule has 0 aliphatic rings. The number of nitro groups is 1. The van der Waals surface area contributed by atoms with Gasteiger partial charge >= 0.3 is 5.69 Å². The molecular weight excluding hydrogens is 398 g/mol. The van der Waals surface area contributed by atoms with Crippen molar-refractivity contribution in [3.05, 3.63) is 82.3 Å². The van der Waals surface area contributed by atoms with E-state index in [4.69, 9.17) is 11.6 Å². The van der Waals surface area contributed by atoms with E-state index < -0.39 is 4.92 Å². The van der Waals surface area contributed by atoms with Gasteiger partial charge < -0.3 is 5.32 Å². The van der Waals surface area contributed by atoms with Gasteiger partial charge in [-0.15, -0.1) is 0 Å². The minimum absolute atomic E-state index is 0.109. The predicted molar refractivity (Wildman–Crippen MR) is 109 cm³/mol. The minimum Gasteiger partial charge on any atom is -0.334 e. The molecule has 4 aromatic rings. The first-order valence-corrected chi connectivity index (χ1v) is 9.35. The molecule has 0 aliphatic heterocycles. The zero-order valence-corrected chi connectivity index (χ0v) is 15.8. The maximum atomic E-state index is 11.8. The van der Waals surface area contributed by atoms with Crippen molar-refractivity contribution in [1.29, 1.82) is 0 Å². The van der Waals surface area contributed by atoms with Crippen LogP contribution < -0.4 is 5.32 Å². The molecule has 0 spiro atoms. The van der Waals surface area contributed by atoms with Crippen LogP contribution in [0.15, 0.2) is 77.0 Å². The average Bonchev–Trinajstić information content (AvgIpc) is 2.70. The summed E-state index contributed by atoms with van der Waals surface area (Å²) in [6.45, 7) is 0. The number of hydrogen-bond acceptors (Lipinski definition) is 7. The molecule has 0 amide bonds. The van der Waals surface area contributed by atoms with Gasteiger partial charge in [-0.25, -0.2) is 9.97 Å². The maximum Gasteiger partial charge on any atom is 0.343 e. The fourth-order valence-corrected chi connectivity index (χ4v) is 3.74. The van der Waals surface area contributed by atoms with E-state index in [2.05, 4.69) is 20.3 Å². The molecule has 0 atom stereocenters. The Bertz CT molecular complexity index is 1170. The lowest BCUT2D eigenvalue weighted by Gasteiger charge is -2.09. The maximum absolute atomic E-state index is 11.8. The Hall–Kier alpha value is -3.23. The highest BCUT2D eigenvalue weighted by atomic mass is 35.5. The van der Waals surface area contributed by atoms with Crippen molar-refractivity contribution in [3.63, 3.8) is 0 Å². The molecule has 2 heterocycles. The van der Waals surface area contributed by atoms with Crippen molar-refractivity contribution < 1.29 is 4.92 Å². The molecule has 0 radical (unpaired) electrons. The molecule has 2 aromatic heterocycles. The fraction of sp³-hybridized carbons (Fsp3) is 0.